The zero-order chi connectivity index (χ0) is 14.2. The summed E-state index contributed by atoms with van der Waals surface area (Å²) in [4.78, 5) is 8.71. The predicted molar refractivity (Wildman–Crippen MR) is 79.5 cm³/mol. The number of nitrogens with zero attached hydrogens (tertiary/aromatic N) is 3. The molecule has 4 aromatic rings. The number of fused-ring (bicyclic) bond motifs is 1. The second kappa shape index (κ2) is 4.52. The van der Waals surface area contributed by atoms with E-state index in [4.69, 9.17) is 4.42 Å². The molecule has 6 heteroatoms. The Morgan fingerprint density at radius 2 is 2.00 bits per heavy atom. The Balaban J connectivity index is 1.87. The van der Waals surface area contributed by atoms with Gasteiger partial charge in [-0.15, -0.1) is 0 Å². The van der Waals surface area contributed by atoms with E-state index < -0.39 is 0 Å². The van der Waals surface area contributed by atoms with Crippen LogP contribution in [0.15, 0.2) is 53.2 Å². The zero-order valence-electron chi connectivity index (χ0n) is 11.4. The summed E-state index contributed by atoms with van der Waals surface area (Å²) in [6.07, 6.45) is 1.61. The molecule has 0 fully saturated rings. The molecule has 3 heterocycles. The van der Waals surface area contributed by atoms with Crippen LogP contribution in [0.2, 0.25) is 0 Å². The lowest BCUT2D eigenvalue weighted by molar-refractivity contribution is 0.547. The fraction of sp³-hybridized carbons (Fsp3) is 0.0667. The molecule has 0 saturated carbocycles. The number of imidazole rings is 1. The number of hydrogen-bond acceptors (Lipinski definition) is 4. The van der Waals surface area contributed by atoms with Crippen LogP contribution < -0.4 is 5.32 Å². The molecule has 0 radical (unpaired) electrons. The van der Waals surface area contributed by atoms with Gasteiger partial charge in [0.25, 0.3) is 5.78 Å². The molecule has 0 amide bonds. The summed E-state index contributed by atoms with van der Waals surface area (Å²) in [7, 11) is 0. The van der Waals surface area contributed by atoms with Gasteiger partial charge in [0.1, 0.15) is 12.1 Å². The Labute approximate surface area is 120 Å². The highest BCUT2D eigenvalue weighted by atomic mass is 16.3. The van der Waals surface area contributed by atoms with Gasteiger partial charge >= 0.3 is 0 Å². The second-order valence-electron chi connectivity index (χ2n) is 4.73. The molecule has 6 nitrogen and oxygen atoms in total. The monoisotopic (exact) mass is 279 g/mol. The Morgan fingerprint density at radius 3 is 2.76 bits per heavy atom. The van der Waals surface area contributed by atoms with Crippen molar-refractivity contribution in [1.29, 1.82) is 0 Å². The van der Waals surface area contributed by atoms with Crippen molar-refractivity contribution in [3.63, 3.8) is 0 Å². The number of aromatic nitrogens is 4. The number of para-hydroxylation sites is 1. The van der Waals surface area contributed by atoms with Crippen LogP contribution in [0, 0.1) is 6.92 Å². The van der Waals surface area contributed by atoms with Crippen molar-refractivity contribution in [2.75, 3.05) is 5.32 Å². The molecule has 0 atom stereocenters. The van der Waals surface area contributed by atoms with Crippen LogP contribution in [-0.2, 0) is 0 Å². The summed E-state index contributed by atoms with van der Waals surface area (Å²) in [5, 5.41) is 6.40. The van der Waals surface area contributed by atoms with Crippen LogP contribution in [0.25, 0.3) is 17.2 Å². The van der Waals surface area contributed by atoms with E-state index in [2.05, 4.69) is 20.4 Å². The fourth-order valence-electron chi connectivity index (χ4n) is 2.27. The molecular weight excluding hydrogens is 266 g/mol. The minimum Gasteiger partial charge on any atom is -0.460 e. The molecule has 1 aromatic carbocycles. The first-order chi connectivity index (χ1) is 10.3. The summed E-state index contributed by atoms with van der Waals surface area (Å²) in [5.74, 6) is 2.95. The van der Waals surface area contributed by atoms with Crippen LogP contribution >= 0.6 is 0 Å². The lowest BCUT2D eigenvalue weighted by Gasteiger charge is -2.06. The summed E-state index contributed by atoms with van der Waals surface area (Å²) in [6, 6.07) is 13.7. The molecule has 0 spiro atoms. The van der Waals surface area contributed by atoms with Gasteiger partial charge in [0, 0.05) is 5.69 Å². The van der Waals surface area contributed by atoms with Crippen molar-refractivity contribution in [3.05, 3.63) is 54.6 Å². The molecule has 0 bridgehead atoms. The molecule has 0 aliphatic heterocycles. The number of benzene rings is 1. The maximum absolute atomic E-state index is 5.69. The quantitative estimate of drug-likeness (QED) is 0.603. The summed E-state index contributed by atoms with van der Waals surface area (Å²) < 4.78 is 7.48. The van der Waals surface area contributed by atoms with Crippen molar-refractivity contribution in [2.45, 2.75) is 6.92 Å². The van der Waals surface area contributed by atoms with E-state index in [0.717, 1.165) is 23.0 Å². The highest BCUT2D eigenvalue weighted by Crippen LogP contribution is 2.31. The first-order valence-corrected chi connectivity index (χ1v) is 6.62. The van der Waals surface area contributed by atoms with Crippen LogP contribution in [0.3, 0.4) is 0 Å². The molecule has 2 N–H and O–H groups in total. The van der Waals surface area contributed by atoms with E-state index in [9.17, 15) is 0 Å². The first kappa shape index (κ1) is 11.8. The summed E-state index contributed by atoms with van der Waals surface area (Å²) >= 11 is 0. The molecule has 4 rings (SSSR count). The third-order valence-corrected chi connectivity index (χ3v) is 3.24. The van der Waals surface area contributed by atoms with Gasteiger partial charge in [0.05, 0.1) is 0 Å². The van der Waals surface area contributed by atoms with Crippen LogP contribution in [0.4, 0.5) is 11.5 Å². The van der Waals surface area contributed by atoms with E-state index in [1.54, 1.807) is 10.8 Å². The normalized spacial score (nSPS) is 11.1. The minimum atomic E-state index is 0.595. The lowest BCUT2D eigenvalue weighted by Crippen LogP contribution is -1.97. The topological polar surface area (TPSA) is 71.2 Å². The molecule has 0 aliphatic rings. The Hall–Kier alpha value is -3.02. The maximum atomic E-state index is 5.69. The predicted octanol–water partition coefficient (Wildman–Crippen LogP) is 3.37. The third kappa shape index (κ3) is 1.97. The Morgan fingerprint density at radius 1 is 1.14 bits per heavy atom. The summed E-state index contributed by atoms with van der Waals surface area (Å²) in [5.41, 5.74) is 1.70. The molecule has 0 unspecified atom stereocenters. The van der Waals surface area contributed by atoms with Gasteiger partial charge in [-0.2, -0.15) is 0 Å². The minimum absolute atomic E-state index is 0.595. The van der Waals surface area contributed by atoms with Gasteiger partial charge in [-0.05, 0) is 31.2 Å². The Kier molecular flexibility index (Phi) is 2.53. The average Bonchev–Trinajstić information content (AvgIpc) is 3.17. The average molecular weight is 279 g/mol. The third-order valence-electron chi connectivity index (χ3n) is 3.24. The van der Waals surface area contributed by atoms with Crippen molar-refractivity contribution < 1.29 is 4.42 Å². The Bertz CT molecular complexity index is 887. The van der Waals surface area contributed by atoms with Crippen LogP contribution in [-0.4, -0.2) is 19.6 Å². The number of H-pyrrole nitrogens is 1. The van der Waals surface area contributed by atoms with Gasteiger partial charge in [-0.3, -0.25) is 5.10 Å². The number of rotatable bonds is 3. The summed E-state index contributed by atoms with van der Waals surface area (Å²) in [6.45, 7) is 1.91. The molecular formula is C15H13N5O. The standard InChI is InChI=1S/C15H13N5O/c1-10-7-8-12(21-10)13-14(18-11-5-3-2-4-6-11)20-15(19-13)16-9-17-20/h2-9,18H,1H3,(H,16,17,19). The maximum Gasteiger partial charge on any atom is 0.253 e. The van der Waals surface area contributed by atoms with Gasteiger partial charge in [-0.25, -0.2) is 14.5 Å². The number of anilines is 2. The highest BCUT2D eigenvalue weighted by molar-refractivity contribution is 5.76. The number of hydrogen-bond donors (Lipinski definition) is 2. The van der Waals surface area contributed by atoms with Gasteiger partial charge in [-0.1, -0.05) is 18.2 Å². The van der Waals surface area contributed by atoms with E-state index in [0.29, 0.717) is 11.5 Å². The van der Waals surface area contributed by atoms with Crippen molar-refractivity contribution in [2.24, 2.45) is 0 Å². The van der Waals surface area contributed by atoms with Crippen molar-refractivity contribution >= 4 is 17.3 Å². The van der Waals surface area contributed by atoms with Gasteiger partial charge in [0.15, 0.2) is 17.3 Å². The van der Waals surface area contributed by atoms with Gasteiger partial charge < -0.3 is 9.73 Å². The van der Waals surface area contributed by atoms with Crippen molar-refractivity contribution in [1.82, 2.24) is 19.6 Å². The SMILES string of the molecule is Cc1ccc(-c2nc3nc[nH]n3c2Nc2ccccc2)o1. The van der Waals surface area contributed by atoms with E-state index >= 15 is 0 Å². The molecule has 0 saturated heterocycles. The highest BCUT2D eigenvalue weighted by Gasteiger charge is 2.18. The molecule has 21 heavy (non-hydrogen) atoms. The van der Waals surface area contributed by atoms with E-state index in [-0.39, 0.29) is 0 Å². The first-order valence-electron chi connectivity index (χ1n) is 6.62. The number of nitrogens with one attached hydrogen (secondary N) is 2. The number of aromatic amines is 1. The molecule has 3 aromatic heterocycles. The van der Waals surface area contributed by atoms with Crippen LogP contribution in [0.1, 0.15) is 5.76 Å². The molecule has 0 aliphatic carbocycles. The van der Waals surface area contributed by atoms with Crippen molar-refractivity contribution in [3.8, 4) is 11.5 Å². The van der Waals surface area contributed by atoms with E-state index in [1.807, 2.05) is 49.4 Å². The largest absolute Gasteiger partial charge is 0.460 e. The fourth-order valence-corrected chi connectivity index (χ4v) is 2.27. The van der Waals surface area contributed by atoms with E-state index in [1.165, 1.54) is 0 Å². The number of aryl methyl sites for hydroxylation is 1. The smallest absolute Gasteiger partial charge is 0.253 e. The van der Waals surface area contributed by atoms with Gasteiger partial charge in [0.2, 0.25) is 0 Å². The number of furan rings is 1. The molecule has 104 valence electrons. The lowest BCUT2D eigenvalue weighted by atomic mass is 10.3. The second-order valence-corrected chi connectivity index (χ2v) is 4.73. The van der Waals surface area contributed by atoms with Crippen LogP contribution in [0.5, 0.6) is 0 Å². The zero-order valence-corrected chi connectivity index (χ0v) is 11.4.